The topological polar surface area (TPSA) is 36.9 Å². The Balaban J connectivity index is 2.33. The molecule has 0 saturated carbocycles. The first-order valence-electron chi connectivity index (χ1n) is 12.6. The summed E-state index contributed by atoms with van der Waals surface area (Å²) in [5, 5.41) is 0. The van der Waals surface area contributed by atoms with Gasteiger partial charge in [0, 0.05) is 16.4 Å². The van der Waals surface area contributed by atoms with Crippen LogP contribution in [-0.2, 0) is 20.6 Å². The van der Waals surface area contributed by atoms with Gasteiger partial charge in [0.15, 0.2) is 0 Å². The van der Waals surface area contributed by atoms with E-state index in [1.807, 2.05) is 59.7 Å². The van der Waals surface area contributed by atoms with Gasteiger partial charge in [-0.2, -0.15) is 9.78 Å². The average molecular weight is 491 g/mol. The quantitative estimate of drug-likeness (QED) is 0.234. The normalized spacial score (nSPS) is 12.9. The molecule has 0 N–H and O–H groups in total. The van der Waals surface area contributed by atoms with Crippen molar-refractivity contribution in [2.24, 2.45) is 0 Å². The first-order valence-corrected chi connectivity index (χ1v) is 12.6. The molecule has 0 heterocycles. The van der Waals surface area contributed by atoms with Crippen molar-refractivity contribution in [2.75, 3.05) is 0 Å². The third kappa shape index (κ3) is 6.48. The molecule has 0 atom stereocenters. The molecule has 0 fully saturated rings. The summed E-state index contributed by atoms with van der Waals surface area (Å²) in [5.41, 5.74) is 2.68. The number of hydrogen-bond acceptors (Lipinski definition) is 4. The van der Waals surface area contributed by atoms with Crippen LogP contribution in [0.15, 0.2) is 72.8 Å². The van der Waals surface area contributed by atoms with Crippen molar-refractivity contribution in [3.8, 4) is 11.5 Å². The van der Waals surface area contributed by atoms with Crippen LogP contribution in [0.3, 0.4) is 0 Å². The number of hydrogen-bond donors (Lipinski definition) is 0. The van der Waals surface area contributed by atoms with Gasteiger partial charge < -0.3 is 9.78 Å². The van der Waals surface area contributed by atoms with Crippen LogP contribution in [0.2, 0.25) is 0 Å². The fourth-order valence-corrected chi connectivity index (χ4v) is 4.20. The minimum Gasteiger partial charge on any atom is -0.333 e. The lowest BCUT2D eigenvalue weighted by Gasteiger charge is -2.37. The second kappa shape index (κ2) is 10.3. The van der Waals surface area contributed by atoms with E-state index in [4.69, 9.17) is 19.6 Å². The molecule has 0 aliphatic heterocycles. The minimum absolute atomic E-state index is 0.327. The Labute approximate surface area is 217 Å². The molecule has 3 aromatic rings. The van der Waals surface area contributed by atoms with Gasteiger partial charge in [-0.3, -0.25) is 0 Å². The summed E-state index contributed by atoms with van der Waals surface area (Å²) in [6.45, 7) is 20.6. The van der Waals surface area contributed by atoms with E-state index in [-0.39, 0.29) is 5.41 Å². The summed E-state index contributed by atoms with van der Waals surface area (Å²) < 4.78 is 0. The van der Waals surface area contributed by atoms with Gasteiger partial charge in [0.05, 0.1) is 0 Å². The Morgan fingerprint density at radius 1 is 0.472 bits per heavy atom. The molecule has 4 heteroatoms. The number of rotatable bonds is 8. The monoisotopic (exact) mass is 490 g/mol. The molecule has 0 unspecified atom stereocenters. The lowest BCUT2D eigenvalue weighted by Crippen LogP contribution is -2.30. The van der Waals surface area contributed by atoms with E-state index in [1.165, 1.54) is 5.56 Å². The summed E-state index contributed by atoms with van der Waals surface area (Å²) in [4.78, 5) is 23.7. The highest BCUT2D eigenvalue weighted by atomic mass is 17.2. The Kier molecular flexibility index (Phi) is 7.92. The second-order valence-electron chi connectivity index (χ2n) is 12.4. The molecule has 0 spiro atoms. The van der Waals surface area contributed by atoms with E-state index in [1.54, 1.807) is 0 Å². The molecule has 4 nitrogen and oxygen atoms in total. The summed E-state index contributed by atoms with van der Waals surface area (Å²) in [5.74, 6) is 0.991. The van der Waals surface area contributed by atoms with Gasteiger partial charge in [0.1, 0.15) is 11.2 Å². The van der Waals surface area contributed by atoms with Crippen LogP contribution in [0.4, 0.5) is 0 Å². The lowest BCUT2D eigenvalue weighted by molar-refractivity contribution is -0.293. The standard InChI is InChI=1S/C32H42O4/c1-29(2,3)35-33-26-22-21-25(31(7,8)23-17-13-11-14-18-23)27(28(26)34-36-30(4,5)6)32(9,10)24-19-15-12-16-20-24/h11-22H,1-10H3. The highest BCUT2D eigenvalue weighted by molar-refractivity contribution is 5.60. The van der Waals surface area contributed by atoms with E-state index in [0.717, 1.165) is 16.7 Å². The van der Waals surface area contributed by atoms with Crippen molar-refractivity contribution in [3.63, 3.8) is 0 Å². The lowest BCUT2D eigenvalue weighted by atomic mass is 9.68. The van der Waals surface area contributed by atoms with Gasteiger partial charge in [0.2, 0.25) is 11.5 Å². The van der Waals surface area contributed by atoms with E-state index in [9.17, 15) is 0 Å². The zero-order chi connectivity index (χ0) is 26.8. The predicted molar refractivity (Wildman–Crippen MR) is 147 cm³/mol. The highest BCUT2D eigenvalue weighted by Crippen LogP contribution is 2.49. The van der Waals surface area contributed by atoms with Crippen LogP contribution < -0.4 is 9.78 Å². The van der Waals surface area contributed by atoms with Gasteiger partial charge >= 0.3 is 0 Å². The van der Waals surface area contributed by atoms with Gasteiger partial charge in [-0.15, -0.1) is 0 Å². The van der Waals surface area contributed by atoms with Crippen LogP contribution in [0, 0.1) is 0 Å². The Hall–Kier alpha value is -2.82. The molecular formula is C32H42O4. The molecule has 0 radical (unpaired) electrons. The molecule has 3 rings (SSSR count). The van der Waals surface area contributed by atoms with Crippen LogP contribution in [0.1, 0.15) is 91.5 Å². The maximum Gasteiger partial charge on any atom is 0.215 e. The first kappa shape index (κ1) is 27.8. The maximum absolute atomic E-state index is 6.17. The van der Waals surface area contributed by atoms with Crippen LogP contribution in [0.25, 0.3) is 0 Å². The SMILES string of the molecule is CC(C)(C)OOc1ccc(C(C)(C)c2ccccc2)c(C(C)(C)c2ccccc2)c1OOC(C)(C)C. The molecule has 0 amide bonds. The van der Waals surface area contributed by atoms with Crippen LogP contribution >= 0.6 is 0 Å². The maximum atomic E-state index is 6.17. The van der Waals surface area contributed by atoms with Gasteiger partial charge in [-0.05, 0) is 64.3 Å². The van der Waals surface area contributed by atoms with Crippen molar-refractivity contribution in [1.29, 1.82) is 0 Å². The van der Waals surface area contributed by atoms with E-state index in [2.05, 4.69) is 82.3 Å². The fourth-order valence-electron chi connectivity index (χ4n) is 4.20. The largest absolute Gasteiger partial charge is 0.333 e. The fraction of sp³-hybridized carbons (Fsp3) is 0.438. The van der Waals surface area contributed by atoms with Crippen LogP contribution in [-0.4, -0.2) is 11.2 Å². The molecular weight excluding hydrogens is 448 g/mol. The molecule has 36 heavy (non-hydrogen) atoms. The number of benzene rings is 3. The third-order valence-electron chi connectivity index (χ3n) is 6.17. The summed E-state index contributed by atoms with van der Waals surface area (Å²) in [7, 11) is 0. The zero-order valence-corrected chi connectivity index (χ0v) is 23.6. The molecule has 194 valence electrons. The molecule has 3 aromatic carbocycles. The van der Waals surface area contributed by atoms with Crippen LogP contribution in [0.5, 0.6) is 11.5 Å². The average Bonchev–Trinajstić information content (AvgIpc) is 2.81. The van der Waals surface area contributed by atoms with Crippen molar-refractivity contribution in [2.45, 2.75) is 91.3 Å². The second-order valence-corrected chi connectivity index (χ2v) is 12.4. The van der Waals surface area contributed by atoms with Crippen molar-refractivity contribution < 1.29 is 19.6 Å². The smallest absolute Gasteiger partial charge is 0.215 e. The van der Waals surface area contributed by atoms with E-state index < -0.39 is 16.6 Å². The van der Waals surface area contributed by atoms with Crippen molar-refractivity contribution in [3.05, 3.63) is 95.1 Å². The highest BCUT2D eigenvalue weighted by Gasteiger charge is 2.38. The molecule has 0 aliphatic rings. The zero-order valence-electron chi connectivity index (χ0n) is 23.6. The van der Waals surface area contributed by atoms with Gasteiger partial charge in [-0.25, -0.2) is 0 Å². The summed E-state index contributed by atoms with van der Waals surface area (Å²) in [6.07, 6.45) is 0. The summed E-state index contributed by atoms with van der Waals surface area (Å²) >= 11 is 0. The Morgan fingerprint density at radius 3 is 1.39 bits per heavy atom. The van der Waals surface area contributed by atoms with Crippen molar-refractivity contribution >= 4 is 0 Å². The molecule has 0 bridgehead atoms. The van der Waals surface area contributed by atoms with Gasteiger partial charge in [0.25, 0.3) is 0 Å². The van der Waals surface area contributed by atoms with E-state index >= 15 is 0 Å². The summed E-state index contributed by atoms with van der Waals surface area (Å²) in [6, 6.07) is 25.0. The van der Waals surface area contributed by atoms with Crippen molar-refractivity contribution in [1.82, 2.24) is 0 Å². The van der Waals surface area contributed by atoms with Gasteiger partial charge in [-0.1, -0.05) is 94.4 Å². The third-order valence-corrected chi connectivity index (χ3v) is 6.17. The molecule has 0 aromatic heterocycles. The van der Waals surface area contributed by atoms with E-state index in [0.29, 0.717) is 11.5 Å². The predicted octanol–water partition coefficient (Wildman–Crippen LogP) is 8.56. The first-order chi connectivity index (χ1) is 16.6. The Morgan fingerprint density at radius 2 is 0.917 bits per heavy atom. The minimum atomic E-state index is -0.527. The molecule has 0 saturated heterocycles. The Bertz CT molecular complexity index is 1130. The molecule has 0 aliphatic carbocycles.